The maximum absolute atomic E-state index is 14.2. The number of carboxylic acid groups (broad SMARTS) is 1. The van der Waals surface area contributed by atoms with Crippen molar-refractivity contribution in [2.75, 3.05) is 6.54 Å². The summed E-state index contributed by atoms with van der Waals surface area (Å²) in [7, 11) is 0. The van der Waals surface area contributed by atoms with Crippen LogP contribution in [0.3, 0.4) is 0 Å². The second kappa shape index (κ2) is 9.60. The minimum atomic E-state index is -5.08. The summed E-state index contributed by atoms with van der Waals surface area (Å²) in [5.41, 5.74) is 4.92. The Balaban J connectivity index is 0.000000325. The molecule has 0 saturated carbocycles. The van der Waals surface area contributed by atoms with Gasteiger partial charge in [-0.3, -0.25) is 10.00 Å². The van der Waals surface area contributed by atoms with Crippen LogP contribution in [-0.4, -0.2) is 43.9 Å². The van der Waals surface area contributed by atoms with E-state index in [2.05, 4.69) is 15.1 Å². The van der Waals surface area contributed by atoms with Crippen LogP contribution in [0.4, 0.5) is 17.6 Å². The molecule has 6 nitrogen and oxygen atoms in total. The van der Waals surface area contributed by atoms with E-state index >= 15 is 0 Å². The monoisotopic (exact) mass is 482 g/mol. The Hall–Kier alpha value is -2.79. The number of carboxylic acids is 1. The van der Waals surface area contributed by atoms with E-state index in [-0.39, 0.29) is 5.82 Å². The van der Waals surface area contributed by atoms with E-state index in [4.69, 9.17) is 14.9 Å². The summed E-state index contributed by atoms with van der Waals surface area (Å²) >= 11 is 1.88. The van der Waals surface area contributed by atoms with Crippen LogP contribution < -0.4 is 0 Å². The van der Waals surface area contributed by atoms with Crippen molar-refractivity contribution in [3.05, 3.63) is 56.9 Å². The Labute approximate surface area is 191 Å². The minimum Gasteiger partial charge on any atom is -0.475 e. The zero-order chi connectivity index (χ0) is 23.6. The van der Waals surface area contributed by atoms with Gasteiger partial charge in [-0.15, -0.1) is 11.3 Å². The number of aliphatic carboxylic acids is 1. The first-order valence-electron chi connectivity index (χ1n) is 10.5. The number of aromatic nitrogens is 3. The molecule has 2 aliphatic rings. The van der Waals surface area contributed by atoms with Crippen LogP contribution in [0, 0.1) is 5.82 Å². The average Bonchev–Trinajstić information content (AvgIpc) is 3.37. The lowest BCUT2D eigenvalue weighted by molar-refractivity contribution is -0.192. The van der Waals surface area contributed by atoms with Gasteiger partial charge in [0.15, 0.2) is 0 Å². The van der Waals surface area contributed by atoms with Crippen molar-refractivity contribution < 1.29 is 27.5 Å². The van der Waals surface area contributed by atoms with Gasteiger partial charge in [0, 0.05) is 41.2 Å². The number of fused-ring (bicyclic) bond motifs is 2. The first-order chi connectivity index (χ1) is 15.7. The van der Waals surface area contributed by atoms with Gasteiger partial charge in [0.1, 0.15) is 10.8 Å². The number of aromatic amines is 1. The number of hydrogen-bond acceptors (Lipinski definition) is 5. The number of aryl methyl sites for hydroxylation is 2. The Morgan fingerprint density at radius 2 is 1.91 bits per heavy atom. The molecule has 3 heterocycles. The Morgan fingerprint density at radius 3 is 2.61 bits per heavy atom. The van der Waals surface area contributed by atoms with Gasteiger partial charge in [-0.1, -0.05) is 12.1 Å². The van der Waals surface area contributed by atoms with Crippen LogP contribution in [0.2, 0.25) is 0 Å². The van der Waals surface area contributed by atoms with E-state index in [9.17, 15) is 17.6 Å². The SMILES string of the molecule is Fc1ccccc1-c1n[nH]c2c1CN(Cc1nc3c(s1)CCCC3)CC2.O=C(O)C(F)(F)F. The Bertz CT molecular complexity index is 1120. The Kier molecular flexibility index (Phi) is 6.80. The predicted octanol–water partition coefficient (Wildman–Crippen LogP) is 4.74. The quantitative estimate of drug-likeness (QED) is 0.527. The van der Waals surface area contributed by atoms with Gasteiger partial charge in [-0.05, 0) is 37.8 Å². The number of H-pyrrole nitrogens is 1. The normalized spacial score (nSPS) is 15.9. The first kappa shape index (κ1) is 23.4. The number of nitrogens with one attached hydrogen (secondary N) is 1. The molecule has 1 aliphatic heterocycles. The van der Waals surface area contributed by atoms with Crippen molar-refractivity contribution >= 4 is 17.3 Å². The lowest BCUT2D eigenvalue weighted by Crippen LogP contribution is -2.30. The molecule has 0 spiro atoms. The highest BCUT2D eigenvalue weighted by molar-refractivity contribution is 7.11. The van der Waals surface area contributed by atoms with Gasteiger partial charge < -0.3 is 5.11 Å². The minimum absolute atomic E-state index is 0.216. The summed E-state index contributed by atoms with van der Waals surface area (Å²) < 4.78 is 46.0. The number of alkyl halides is 3. The molecular formula is C22H22F4N4O2S. The summed E-state index contributed by atoms with van der Waals surface area (Å²) in [6, 6.07) is 6.88. The van der Waals surface area contributed by atoms with Crippen molar-refractivity contribution in [3.63, 3.8) is 0 Å². The molecule has 1 aromatic carbocycles. The van der Waals surface area contributed by atoms with E-state index in [1.165, 1.54) is 40.9 Å². The van der Waals surface area contributed by atoms with Crippen molar-refractivity contribution in [2.45, 2.75) is 51.4 Å². The van der Waals surface area contributed by atoms with E-state index in [0.717, 1.165) is 49.4 Å². The largest absolute Gasteiger partial charge is 0.490 e. The smallest absolute Gasteiger partial charge is 0.475 e. The van der Waals surface area contributed by atoms with Crippen LogP contribution in [0.1, 0.15) is 39.7 Å². The first-order valence-corrected chi connectivity index (χ1v) is 11.3. The fourth-order valence-electron chi connectivity index (χ4n) is 4.03. The number of carbonyl (C=O) groups is 1. The van der Waals surface area contributed by atoms with E-state index in [0.29, 0.717) is 5.56 Å². The molecule has 3 aromatic rings. The molecule has 0 bridgehead atoms. The van der Waals surface area contributed by atoms with Crippen LogP contribution in [0.25, 0.3) is 11.3 Å². The maximum atomic E-state index is 14.2. The van der Waals surface area contributed by atoms with Gasteiger partial charge in [0.25, 0.3) is 0 Å². The summed E-state index contributed by atoms with van der Waals surface area (Å²) in [5.74, 6) is -2.97. The number of thiazole rings is 1. The van der Waals surface area contributed by atoms with Crippen molar-refractivity contribution in [2.24, 2.45) is 0 Å². The standard InChI is InChI=1S/C20H21FN4S.C2HF3O2/c21-15-6-2-1-5-13(15)20-14-11-25(10-9-16(14)23-24-20)12-19-22-17-7-3-4-8-18(17)26-19;3-2(4,5)1(6)7/h1-2,5-6H,3-4,7-12H2,(H,23,24);(H,6,7). The van der Waals surface area contributed by atoms with E-state index in [1.807, 2.05) is 17.4 Å². The fourth-order valence-corrected chi connectivity index (χ4v) is 5.23. The maximum Gasteiger partial charge on any atom is 0.490 e. The molecule has 5 rings (SSSR count). The molecule has 2 N–H and O–H groups in total. The lowest BCUT2D eigenvalue weighted by Gasteiger charge is -2.26. The van der Waals surface area contributed by atoms with Gasteiger partial charge in [-0.2, -0.15) is 18.3 Å². The van der Waals surface area contributed by atoms with Crippen LogP contribution in [0.5, 0.6) is 0 Å². The lowest BCUT2D eigenvalue weighted by atomic mass is 10.0. The third kappa shape index (κ3) is 5.41. The average molecular weight is 483 g/mol. The summed E-state index contributed by atoms with van der Waals surface area (Å²) in [6.07, 6.45) is 0.723. The third-order valence-electron chi connectivity index (χ3n) is 5.63. The van der Waals surface area contributed by atoms with Crippen molar-refractivity contribution in [1.82, 2.24) is 20.1 Å². The molecule has 0 radical (unpaired) electrons. The zero-order valence-electron chi connectivity index (χ0n) is 17.6. The number of nitrogens with zero attached hydrogens (tertiary/aromatic N) is 3. The van der Waals surface area contributed by atoms with Gasteiger partial charge in [0.2, 0.25) is 0 Å². The molecule has 0 amide bonds. The zero-order valence-corrected chi connectivity index (χ0v) is 18.4. The molecule has 0 fully saturated rings. The summed E-state index contributed by atoms with van der Waals surface area (Å²) in [6.45, 7) is 2.65. The van der Waals surface area contributed by atoms with Gasteiger partial charge >= 0.3 is 12.1 Å². The van der Waals surface area contributed by atoms with Crippen LogP contribution in [0.15, 0.2) is 24.3 Å². The molecule has 0 saturated heterocycles. The van der Waals surface area contributed by atoms with Gasteiger partial charge in [-0.25, -0.2) is 14.2 Å². The number of benzene rings is 1. The molecule has 11 heteroatoms. The van der Waals surface area contributed by atoms with Gasteiger partial charge in [0.05, 0.1) is 17.9 Å². The Morgan fingerprint density at radius 1 is 1.18 bits per heavy atom. The summed E-state index contributed by atoms with van der Waals surface area (Å²) in [5, 5.41) is 15.9. The highest BCUT2D eigenvalue weighted by Gasteiger charge is 2.38. The van der Waals surface area contributed by atoms with Crippen molar-refractivity contribution in [3.8, 4) is 11.3 Å². The van der Waals surface area contributed by atoms with Crippen LogP contribution in [-0.2, 0) is 37.1 Å². The highest BCUT2D eigenvalue weighted by Crippen LogP contribution is 2.32. The highest BCUT2D eigenvalue weighted by atomic mass is 32.1. The summed E-state index contributed by atoms with van der Waals surface area (Å²) in [4.78, 5) is 17.7. The molecule has 0 unspecified atom stereocenters. The van der Waals surface area contributed by atoms with E-state index in [1.54, 1.807) is 12.1 Å². The third-order valence-corrected chi connectivity index (χ3v) is 6.78. The molecule has 1 aliphatic carbocycles. The fraction of sp³-hybridized carbons (Fsp3) is 0.409. The molecule has 0 atom stereocenters. The van der Waals surface area contributed by atoms with E-state index < -0.39 is 12.1 Å². The molecule has 176 valence electrons. The predicted molar refractivity (Wildman–Crippen MR) is 114 cm³/mol. The second-order valence-electron chi connectivity index (χ2n) is 7.96. The number of hydrogen-bond donors (Lipinski definition) is 2. The molecule has 2 aromatic heterocycles. The van der Waals surface area contributed by atoms with Crippen LogP contribution >= 0.6 is 11.3 Å². The number of halogens is 4. The molecular weight excluding hydrogens is 460 g/mol. The number of rotatable bonds is 3. The molecule has 33 heavy (non-hydrogen) atoms. The van der Waals surface area contributed by atoms with Crippen molar-refractivity contribution in [1.29, 1.82) is 0 Å². The second-order valence-corrected chi connectivity index (χ2v) is 9.13. The topological polar surface area (TPSA) is 82.1 Å².